The molecule has 3 rings (SSSR count). The maximum Gasteiger partial charge on any atom is 0.311 e. The number of rotatable bonds is 6. The number of halogens is 1. The predicted molar refractivity (Wildman–Crippen MR) is 108 cm³/mol. The van der Waals surface area contributed by atoms with Gasteiger partial charge in [-0.05, 0) is 53.2 Å². The van der Waals surface area contributed by atoms with Gasteiger partial charge in [0.25, 0.3) is 0 Å². The van der Waals surface area contributed by atoms with E-state index in [0.717, 1.165) is 11.3 Å². The number of ketones is 1. The summed E-state index contributed by atoms with van der Waals surface area (Å²) >= 11 is 3.32. The normalized spacial score (nSPS) is 16.2. The highest BCUT2D eigenvalue weighted by atomic mass is 79.9. The molecule has 1 atom stereocenters. The fourth-order valence-corrected chi connectivity index (χ4v) is 3.56. The van der Waals surface area contributed by atoms with E-state index >= 15 is 0 Å². The van der Waals surface area contributed by atoms with Crippen LogP contribution in [-0.4, -0.2) is 37.9 Å². The molecule has 0 radical (unpaired) electrons. The summed E-state index contributed by atoms with van der Waals surface area (Å²) in [5, 5.41) is 0. The minimum Gasteiger partial charge on any atom is -0.496 e. The minimum atomic E-state index is -0.579. The Labute approximate surface area is 171 Å². The fourth-order valence-electron chi connectivity index (χ4n) is 3.02. The lowest BCUT2D eigenvalue weighted by Crippen LogP contribution is -2.27. The van der Waals surface area contributed by atoms with Crippen molar-refractivity contribution in [2.75, 3.05) is 25.2 Å². The number of ether oxygens (including phenoxy) is 2. The Morgan fingerprint density at radius 2 is 1.89 bits per heavy atom. The summed E-state index contributed by atoms with van der Waals surface area (Å²) in [6, 6.07) is 12.4. The molecule has 1 fully saturated rings. The van der Waals surface area contributed by atoms with E-state index in [0.29, 0.717) is 15.8 Å². The first kappa shape index (κ1) is 20.1. The molecule has 1 amide bonds. The second kappa shape index (κ2) is 8.56. The standard InChI is InChI=1S/C21H20BrNO5/c1-13-3-6-16(7-4-13)23-11-15(10-20(23)25)21(26)28-12-18(24)14-5-8-19(27-2)17(22)9-14/h3-9,15H,10-12H2,1-2H3/t15-/m0/s1. The van der Waals surface area contributed by atoms with Crippen molar-refractivity contribution in [2.24, 2.45) is 5.92 Å². The third-order valence-electron chi connectivity index (χ3n) is 4.62. The molecule has 2 aromatic rings. The van der Waals surface area contributed by atoms with Gasteiger partial charge in [-0.3, -0.25) is 14.4 Å². The van der Waals surface area contributed by atoms with Gasteiger partial charge in [0.15, 0.2) is 12.4 Å². The Morgan fingerprint density at radius 1 is 1.18 bits per heavy atom. The first-order valence-electron chi connectivity index (χ1n) is 8.79. The van der Waals surface area contributed by atoms with Crippen molar-refractivity contribution < 1.29 is 23.9 Å². The zero-order valence-corrected chi connectivity index (χ0v) is 17.2. The number of Topliss-reactive ketones (excluding diaryl/α,β-unsaturated/α-hetero) is 1. The van der Waals surface area contributed by atoms with E-state index in [9.17, 15) is 14.4 Å². The number of nitrogens with zero attached hydrogens (tertiary/aromatic N) is 1. The molecule has 1 saturated heterocycles. The molecule has 0 unspecified atom stereocenters. The van der Waals surface area contributed by atoms with Crippen molar-refractivity contribution >= 4 is 39.3 Å². The van der Waals surface area contributed by atoms with Crippen LogP contribution in [0, 0.1) is 12.8 Å². The van der Waals surface area contributed by atoms with Crippen LogP contribution in [0.3, 0.4) is 0 Å². The summed E-state index contributed by atoms with van der Waals surface area (Å²) in [6.45, 7) is 1.85. The Kier molecular flexibility index (Phi) is 6.14. The lowest BCUT2D eigenvalue weighted by molar-refractivity contribution is -0.147. The third-order valence-corrected chi connectivity index (χ3v) is 5.24. The van der Waals surface area contributed by atoms with Crippen molar-refractivity contribution in [3.05, 3.63) is 58.1 Å². The topological polar surface area (TPSA) is 72.9 Å². The van der Waals surface area contributed by atoms with Gasteiger partial charge in [0.1, 0.15) is 5.75 Å². The van der Waals surface area contributed by atoms with E-state index in [1.165, 1.54) is 7.11 Å². The minimum absolute atomic E-state index is 0.0784. The first-order valence-corrected chi connectivity index (χ1v) is 9.58. The predicted octanol–water partition coefficient (Wildman–Crippen LogP) is 3.55. The largest absolute Gasteiger partial charge is 0.496 e. The molecule has 146 valence electrons. The van der Waals surface area contributed by atoms with Gasteiger partial charge in [-0.25, -0.2) is 0 Å². The van der Waals surface area contributed by atoms with Crippen molar-refractivity contribution in [2.45, 2.75) is 13.3 Å². The number of methoxy groups -OCH3 is 1. The molecular formula is C21H20BrNO5. The van der Waals surface area contributed by atoms with Crippen LogP contribution in [0.25, 0.3) is 0 Å². The van der Waals surface area contributed by atoms with Gasteiger partial charge in [0, 0.05) is 24.2 Å². The zero-order chi connectivity index (χ0) is 20.3. The van der Waals surface area contributed by atoms with Crippen LogP contribution in [0.2, 0.25) is 0 Å². The molecule has 0 aliphatic carbocycles. The lowest BCUT2D eigenvalue weighted by atomic mass is 10.1. The Bertz CT molecular complexity index is 910. The van der Waals surface area contributed by atoms with E-state index < -0.39 is 11.9 Å². The number of carbonyl (C=O) groups is 3. The summed E-state index contributed by atoms with van der Waals surface area (Å²) < 4.78 is 10.9. The maximum absolute atomic E-state index is 12.3. The molecule has 0 aromatic heterocycles. The first-order chi connectivity index (χ1) is 13.4. The number of hydrogen-bond donors (Lipinski definition) is 0. The van der Waals surface area contributed by atoms with E-state index in [4.69, 9.17) is 9.47 Å². The number of esters is 1. The number of carbonyl (C=O) groups excluding carboxylic acids is 3. The van der Waals surface area contributed by atoms with Gasteiger partial charge in [0.2, 0.25) is 5.91 Å². The summed E-state index contributed by atoms with van der Waals surface area (Å²) in [5.41, 5.74) is 2.25. The molecule has 6 nitrogen and oxygen atoms in total. The van der Waals surface area contributed by atoms with Gasteiger partial charge in [-0.15, -0.1) is 0 Å². The van der Waals surface area contributed by atoms with E-state index in [-0.39, 0.29) is 31.3 Å². The summed E-state index contributed by atoms with van der Waals surface area (Å²) in [4.78, 5) is 38.5. The monoisotopic (exact) mass is 445 g/mol. The van der Waals surface area contributed by atoms with Crippen molar-refractivity contribution in [3.63, 3.8) is 0 Å². The van der Waals surface area contributed by atoms with Gasteiger partial charge in [0.05, 0.1) is 17.5 Å². The van der Waals surface area contributed by atoms with Gasteiger partial charge < -0.3 is 14.4 Å². The summed E-state index contributed by atoms with van der Waals surface area (Å²) in [5.74, 6) is -0.963. The number of benzene rings is 2. The molecule has 0 bridgehead atoms. The number of amides is 1. The molecule has 1 aliphatic rings. The lowest BCUT2D eigenvalue weighted by Gasteiger charge is -2.16. The van der Waals surface area contributed by atoms with Crippen LogP contribution in [-0.2, 0) is 14.3 Å². The second-order valence-electron chi connectivity index (χ2n) is 6.62. The van der Waals surface area contributed by atoms with Crippen LogP contribution in [0.1, 0.15) is 22.3 Å². The average molecular weight is 446 g/mol. The SMILES string of the molecule is COc1ccc(C(=O)COC(=O)[C@H]2CC(=O)N(c3ccc(C)cc3)C2)cc1Br. The number of anilines is 1. The smallest absolute Gasteiger partial charge is 0.311 e. The van der Waals surface area contributed by atoms with Crippen molar-refractivity contribution in [3.8, 4) is 5.75 Å². The fraction of sp³-hybridized carbons (Fsp3) is 0.286. The third kappa shape index (κ3) is 4.42. The molecule has 0 spiro atoms. The molecule has 28 heavy (non-hydrogen) atoms. The van der Waals surface area contributed by atoms with E-state index in [1.807, 2.05) is 31.2 Å². The molecule has 0 N–H and O–H groups in total. The van der Waals surface area contributed by atoms with Crippen molar-refractivity contribution in [1.29, 1.82) is 0 Å². The van der Waals surface area contributed by atoms with Gasteiger partial charge >= 0.3 is 5.97 Å². The quantitative estimate of drug-likeness (QED) is 0.502. The Balaban J connectivity index is 1.58. The molecule has 0 saturated carbocycles. The molecule has 1 aliphatic heterocycles. The number of hydrogen-bond acceptors (Lipinski definition) is 5. The Hall–Kier alpha value is -2.67. The van der Waals surface area contributed by atoms with Crippen LogP contribution in [0.5, 0.6) is 5.75 Å². The molecule has 2 aromatic carbocycles. The van der Waals surface area contributed by atoms with Crippen LogP contribution in [0.4, 0.5) is 5.69 Å². The number of aryl methyl sites for hydroxylation is 1. The maximum atomic E-state index is 12.3. The molecular weight excluding hydrogens is 426 g/mol. The Morgan fingerprint density at radius 3 is 2.54 bits per heavy atom. The van der Waals surface area contributed by atoms with Crippen LogP contribution < -0.4 is 9.64 Å². The molecule has 1 heterocycles. The van der Waals surface area contributed by atoms with E-state index in [2.05, 4.69) is 15.9 Å². The highest BCUT2D eigenvalue weighted by molar-refractivity contribution is 9.10. The van der Waals surface area contributed by atoms with Gasteiger partial charge in [-0.1, -0.05) is 17.7 Å². The zero-order valence-electron chi connectivity index (χ0n) is 15.6. The molecule has 7 heteroatoms. The van der Waals surface area contributed by atoms with Crippen LogP contribution >= 0.6 is 15.9 Å². The highest BCUT2D eigenvalue weighted by Crippen LogP contribution is 2.27. The average Bonchev–Trinajstić information content (AvgIpc) is 3.08. The van der Waals surface area contributed by atoms with Gasteiger partial charge in [-0.2, -0.15) is 0 Å². The highest BCUT2D eigenvalue weighted by Gasteiger charge is 2.36. The second-order valence-corrected chi connectivity index (χ2v) is 7.48. The summed E-state index contributed by atoms with van der Waals surface area (Å²) in [7, 11) is 1.53. The van der Waals surface area contributed by atoms with Crippen LogP contribution in [0.15, 0.2) is 46.9 Å². The van der Waals surface area contributed by atoms with Crippen molar-refractivity contribution in [1.82, 2.24) is 0 Å². The summed E-state index contributed by atoms with van der Waals surface area (Å²) in [6.07, 6.45) is 0.0784. The van der Waals surface area contributed by atoms with E-state index in [1.54, 1.807) is 23.1 Å².